The molecule has 9 heteroatoms. The molecule has 1 aromatic heterocycles. The van der Waals surface area contributed by atoms with E-state index in [0.29, 0.717) is 11.4 Å². The second-order valence-electron chi connectivity index (χ2n) is 5.51. The summed E-state index contributed by atoms with van der Waals surface area (Å²) >= 11 is 6.01. The van der Waals surface area contributed by atoms with Crippen LogP contribution in [0.15, 0.2) is 70.2 Å². The van der Waals surface area contributed by atoms with Gasteiger partial charge in [0.1, 0.15) is 16.5 Å². The normalized spacial score (nSPS) is 11.3. The molecule has 0 bridgehead atoms. The van der Waals surface area contributed by atoms with Crippen LogP contribution in [0.3, 0.4) is 0 Å². The zero-order valence-corrected chi connectivity index (χ0v) is 15.4. The first-order valence-electron chi connectivity index (χ1n) is 7.74. The molecule has 1 heterocycles. The van der Waals surface area contributed by atoms with Gasteiger partial charge in [0.15, 0.2) is 0 Å². The topological polar surface area (TPSA) is 88.4 Å². The molecule has 0 saturated carbocycles. The highest BCUT2D eigenvalue weighted by Gasteiger charge is 2.20. The summed E-state index contributed by atoms with van der Waals surface area (Å²) in [5.41, 5.74) is 0.457. The Morgan fingerprint density at radius 2 is 1.85 bits per heavy atom. The molecule has 0 spiro atoms. The van der Waals surface area contributed by atoms with E-state index in [9.17, 15) is 17.6 Å². The highest BCUT2D eigenvalue weighted by Crippen LogP contribution is 2.23. The molecule has 3 rings (SSSR count). The molecule has 140 valence electrons. The second kappa shape index (κ2) is 7.91. The molecule has 0 aliphatic heterocycles. The van der Waals surface area contributed by atoms with E-state index < -0.39 is 21.7 Å². The maximum Gasteiger partial charge on any atom is 0.255 e. The van der Waals surface area contributed by atoms with Gasteiger partial charge in [-0.15, -0.1) is 0 Å². The van der Waals surface area contributed by atoms with Gasteiger partial charge in [0.25, 0.3) is 5.91 Å². The Morgan fingerprint density at radius 1 is 1.11 bits per heavy atom. The van der Waals surface area contributed by atoms with Crippen LogP contribution >= 0.6 is 11.6 Å². The first-order valence-corrected chi connectivity index (χ1v) is 9.60. The van der Waals surface area contributed by atoms with Gasteiger partial charge in [0.05, 0.1) is 17.8 Å². The van der Waals surface area contributed by atoms with Gasteiger partial charge >= 0.3 is 0 Å². The molecule has 0 fully saturated rings. The summed E-state index contributed by atoms with van der Waals surface area (Å²) in [6.45, 7) is -0.0579. The molecule has 2 aromatic carbocycles. The third-order valence-corrected chi connectivity index (χ3v) is 5.48. The summed E-state index contributed by atoms with van der Waals surface area (Å²) in [6, 6.07) is 12.3. The van der Waals surface area contributed by atoms with Crippen LogP contribution in [0.25, 0.3) is 0 Å². The molecule has 1 amide bonds. The first kappa shape index (κ1) is 19.1. The molecule has 0 saturated heterocycles. The predicted molar refractivity (Wildman–Crippen MR) is 98.5 cm³/mol. The highest BCUT2D eigenvalue weighted by molar-refractivity contribution is 7.89. The summed E-state index contributed by atoms with van der Waals surface area (Å²) in [5, 5.41) is 2.53. The number of hydrogen-bond donors (Lipinski definition) is 2. The van der Waals surface area contributed by atoms with Crippen molar-refractivity contribution in [2.75, 3.05) is 5.32 Å². The zero-order chi connectivity index (χ0) is 19.4. The number of amides is 1. The van der Waals surface area contributed by atoms with Crippen LogP contribution in [0.1, 0.15) is 16.1 Å². The first-order chi connectivity index (χ1) is 12.8. The van der Waals surface area contributed by atoms with Crippen molar-refractivity contribution < 1.29 is 22.0 Å². The fourth-order valence-corrected chi connectivity index (χ4v) is 3.76. The molecule has 3 aromatic rings. The average Bonchev–Trinajstić information content (AvgIpc) is 3.16. The number of carbonyl (C=O) groups excluding carboxylic acids is 1. The molecule has 0 unspecified atom stereocenters. The average molecular weight is 409 g/mol. The van der Waals surface area contributed by atoms with E-state index in [1.165, 1.54) is 48.7 Å². The third-order valence-electron chi connectivity index (χ3n) is 3.60. The minimum atomic E-state index is -3.97. The van der Waals surface area contributed by atoms with Crippen molar-refractivity contribution in [3.63, 3.8) is 0 Å². The van der Waals surface area contributed by atoms with Crippen LogP contribution in [0, 0.1) is 5.82 Å². The van der Waals surface area contributed by atoms with Gasteiger partial charge in [-0.3, -0.25) is 4.79 Å². The Morgan fingerprint density at radius 3 is 2.52 bits per heavy atom. The van der Waals surface area contributed by atoms with Crippen LogP contribution in [0.4, 0.5) is 10.1 Å². The Hall–Kier alpha value is -2.68. The zero-order valence-electron chi connectivity index (χ0n) is 13.8. The molecule has 0 aliphatic carbocycles. The summed E-state index contributed by atoms with van der Waals surface area (Å²) in [7, 11) is -3.97. The minimum Gasteiger partial charge on any atom is -0.468 e. The van der Waals surface area contributed by atoms with Crippen LogP contribution in [-0.2, 0) is 16.6 Å². The van der Waals surface area contributed by atoms with E-state index >= 15 is 0 Å². The predicted octanol–water partition coefficient (Wildman–Crippen LogP) is 3.80. The van der Waals surface area contributed by atoms with E-state index in [1.807, 2.05) is 0 Å². The minimum absolute atomic E-state index is 0.0275. The monoisotopic (exact) mass is 408 g/mol. The highest BCUT2D eigenvalue weighted by atomic mass is 35.5. The van der Waals surface area contributed by atoms with Crippen molar-refractivity contribution >= 4 is 33.2 Å². The van der Waals surface area contributed by atoms with Crippen LogP contribution in [-0.4, -0.2) is 14.3 Å². The fraction of sp³-hybridized carbons (Fsp3) is 0.0556. The quantitative estimate of drug-likeness (QED) is 0.649. The van der Waals surface area contributed by atoms with Crippen LogP contribution < -0.4 is 10.0 Å². The van der Waals surface area contributed by atoms with Crippen molar-refractivity contribution in [3.05, 3.63) is 83.0 Å². The van der Waals surface area contributed by atoms with E-state index in [-0.39, 0.29) is 22.0 Å². The molecule has 6 nitrogen and oxygen atoms in total. The van der Waals surface area contributed by atoms with E-state index in [4.69, 9.17) is 16.0 Å². The number of halogens is 2. The molecule has 0 atom stereocenters. The molecule has 2 N–H and O–H groups in total. The Bertz CT molecular complexity index is 1050. The number of benzene rings is 2. The molecule has 0 radical (unpaired) electrons. The summed E-state index contributed by atoms with van der Waals surface area (Å²) < 4.78 is 45.4. The van der Waals surface area contributed by atoms with Gasteiger partial charge in [-0.1, -0.05) is 11.6 Å². The summed E-state index contributed by atoms with van der Waals surface area (Å²) in [5.74, 6) is -0.559. The number of nitrogens with one attached hydrogen (secondary N) is 2. The van der Waals surface area contributed by atoms with Gasteiger partial charge in [-0.25, -0.2) is 17.5 Å². The smallest absolute Gasteiger partial charge is 0.255 e. The number of carbonyl (C=O) groups is 1. The number of sulfonamides is 1. The van der Waals surface area contributed by atoms with E-state index in [0.717, 1.165) is 0 Å². The van der Waals surface area contributed by atoms with Crippen LogP contribution in [0.5, 0.6) is 0 Å². The Labute approximate surface area is 160 Å². The summed E-state index contributed by atoms with van der Waals surface area (Å²) in [4.78, 5) is 12.1. The van der Waals surface area contributed by atoms with Crippen LogP contribution in [0.2, 0.25) is 5.02 Å². The molecule has 27 heavy (non-hydrogen) atoms. The van der Waals surface area contributed by atoms with Gasteiger partial charge < -0.3 is 9.73 Å². The maximum atomic E-state index is 12.9. The van der Waals surface area contributed by atoms with Crippen molar-refractivity contribution in [2.24, 2.45) is 0 Å². The number of anilines is 1. The number of hydrogen-bond acceptors (Lipinski definition) is 4. The maximum absolute atomic E-state index is 12.9. The fourth-order valence-electron chi connectivity index (χ4n) is 2.24. The standard InChI is InChI=1S/C18H14ClFN2O4S/c19-16-8-3-12(18(23)22-14-6-4-13(20)5-7-14)10-17(16)27(24,25)21-11-15-2-1-9-26-15/h1-10,21H,11H2,(H,22,23). The van der Waals surface area contributed by atoms with Gasteiger partial charge in [-0.05, 0) is 54.6 Å². The van der Waals surface area contributed by atoms with Gasteiger partial charge in [0.2, 0.25) is 10.0 Å². The third kappa shape index (κ3) is 4.73. The Kier molecular flexibility index (Phi) is 5.59. The molecular formula is C18H14ClFN2O4S. The lowest BCUT2D eigenvalue weighted by molar-refractivity contribution is 0.102. The second-order valence-corrected chi connectivity index (χ2v) is 7.65. The number of rotatable bonds is 6. The lowest BCUT2D eigenvalue weighted by atomic mass is 10.2. The summed E-state index contributed by atoms with van der Waals surface area (Å²) in [6.07, 6.45) is 1.43. The van der Waals surface area contributed by atoms with Crippen molar-refractivity contribution in [2.45, 2.75) is 11.4 Å². The van der Waals surface area contributed by atoms with Gasteiger partial charge in [-0.2, -0.15) is 0 Å². The van der Waals surface area contributed by atoms with E-state index in [1.54, 1.807) is 12.1 Å². The Balaban J connectivity index is 1.80. The van der Waals surface area contributed by atoms with E-state index in [2.05, 4.69) is 10.0 Å². The van der Waals surface area contributed by atoms with Crippen molar-refractivity contribution in [1.82, 2.24) is 4.72 Å². The van der Waals surface area contributed by atoms with Gasteiger partial charge in [0, 0.05) is 11.3 Å². The SMILES string of the molecule is O=C(Nc1ccc(F)cc1)c1ccc(Cl)c(S(=O)(=O)NCc2ccco2)c1. The number of furan rings is 1. The van der Waals surface area contributed by atoms with Crippen molar-refractivity contribution in [3.8, 4) is 0 Å². The van der Waals surface area contributed by atoms with Crippen molar-refractivity contribution in [1.29, 1.82) is 0 Å². The molecular weight excluding hydrogens is 395 g/mol. The lowest BCUT2D eigenvalue weighted by Gasteiger charge is -2.10. The largest absolute Gasteiger partial charge is 0.468 e. The lowest BCUT2D eigenvalue weighted by Crippen LogP contribution is -2.24. The molecule has 0 aliphatic rings.